The Morgan fingerprint density at radius 2 is 2.18 bits per heavy atom. The van der Waals surface area contributed by atoms with E-state index in [-0.39, 0.29) is 0 Å². The summed E-state index contributed by atoms with van der Waals surface area (Å²) in [5, 5.41) is 0. The average molecular weight is 233 g/mol. The molecule has 0 amide bonds. The number of likely N-dealkylation sites (N-methyl/N-ethyl adjacent to an activating group) is 2. The van der Waals surface area contributed by atoms with Crippen LogP contribution in [-0.2, 0) is 0 Å². The Morgan fingerprint density at radius 1 is 1.41 bits per heavy atom. The number of hydrogen-bond donors (Lipinski definition) is 1. The first kappa shape index (κ1) is 12.2. The lowest BCUT2D eigenvalue weighted by Gasteiger charge is -2.37. The molecular formula is C14H23N3. The summed E-state index contributed by atoms with van der Waals surface area (Å²) >= 11 is 0. The second-order valence-corrected chi connectivity index (χ2v) is 5.18. The van der Waals surface area contributed by atoms with Crippen LogP contribution in [0, 0.1) is 6.92 Å². The number of likely N-dealkylation sites (tertiary alicyclic amines) is 1. The Kier molecular flexibility index (Phi) is 3.57. The zero-order valence-corrected chi connectivity index (χ0v) is 11.1. The van der Waals surface area contributed by atoms with Gasteiger partial charge in [0.05, 0.1) is 11.4 Å². The lowest BCUT2D eigenvalue weighted by atomic mass is 10.0. The third-order valence-electron chi connectivity index (χ3n) is 3.83. The van der Waals surface area contributed by atoms with E-state index in [4.69, 9.17) is 5.73 Å². The van der Waals surface area contributed by atoms with Crippen LogP contribution in [-0.4, -0.2) is 38.1 Å². The molecule has 1 aromatic carbocycles. The number of hydrogen-bond acceptors (Lipinski definition) is 3. The van der Waals surface area contributed by atoms with Crippen LogP contribution in [0.3, 0.4) is 0 Å². The molecule has 1 aromatic rings. The van der Waals surface area contributed by atoms with Gasteiger partial charge in [0.15, 0.2) is 0 Å². The van der Waals surface area contributed by atoms with E-state index in [1.807, 2.05) is 0 Å². The van der Waals surface area contributed by atoms with Crippen LogP contribution >= 0.6 is 0 Å². The smallest absolute Gasteiger partial charge is 0.0603 e. The zero-order chi connectivity index (χ0) is 12.4. The molecule has 0 spiro atoms. The number of anilines is 2. The fourth-order valence-electron chi connectivity index (χ4n) is 2.62. The van der Waals surface area contributed by atoms with Crippen LogP contribution in [0.1, 0.15) is 18.4 Å². The Hall–Kier alpha value is -1.22. The van der Waals surface area contributed by atoms with E-state index in [1.165, 1.54) is 30.6 Å². The summed E-state index contributed by atoms with van der Waals surface area (Å²) in [4.78, 5) is 4.74. The number of nitrogens with two attached hydrogens (primary N) is 1. The van der Waals surface area contributed by atoms with E-state index in [9.17, 15) is 0 Å². The lowest BCUT2D eigenvalue weighted by Crippen LogP contribution is -2.45. The maximum Gasteiger partial charge on any atom is 0.0603 e. The van der Waals surface area contributed by atoms with Crippen molar-refractivity contribution < 1.29 is 0 Å². The highest BCUT2D eigenvalue weighted by atomic mass is 15.2. The van der Waals surface area contributed by atoms with Crippen molar-refractivity contribution in [3.8, 4) is 0 Å². The van der Waals surface area contributed by atoms with Gasteiger partial charge in [0.1, 0.15) is 0 Å². The molecule has 2 N–H and O–H groups in total. The fourth-order valence-corrected chi connectivity index (χ4v) is 2.62. The predicted molar refractivity (Wildman–Crippen MR) is 74.5 cm³/mol. The van der Waals surface area contributed by atoms with E-state index >= 15 is 0 Å². The second-order valence-electron chi connectivity index (χ2n) is 5.18. The number of piperidine rings is 1. The van der Waals surface area contributed by atoms with E-state index in [0.717, 1.165) is 12.2 Å². The van der Waals surface area contributed by atoms with Crippen molar-refractivity contribution in [2.75, 3.05) is 37.8 Å². The van der Waals surface area contributed by atoms with Gasteiger partial charge in [-0.2, -0.15) is 0 Å². The van der Waals surface area contributed by atoms with Gasteiger partial charge in [-0.3, -0.25) is 0 Å². The van der Waals surface area contributed by atoms with Gasteiger partial charge in [0, 0.05) is 19.6 Å². The van der Waals surface area contributed by atoms with Gasteiger partial charge in [-0.15, -0.1) is 0 Å². The van der Waals surface area contributed by atoms with Crippen LogP contribution in [0.25, 0.3) is 0 Å². The molecule has 1 aliphatic rings. The minimum absolute atomic E-state index is 0.581. The minimum atomic E-state index is 0.581. The first-order chi connectivity index (χ1) is 8.09. The summed E-state index contributed by atoms with van der Waals surface area (Å²) in [6.45, 7) is 4.41. The van der Waals surface area contributed by atoms with Crippen LogP contribution in [0.2, 0.25) is 0 Å². The molecule has 1 heterocycles. The van der Waals surface area contributed by atoms with Gasteiger partial charge in [-0.05, 0) is 45.0 Å². The number of benzene rings is 1. The predicted octanol–water partition coefficient (Wildman–Crippen LogP) is 2.11. The van der Waals surface area contributed by atoms with Gasteiger partial charge >= 0.3 is 0 Å². The van der Waals surface area contributed by atoms with Crippen molar-refractivity contribution in [2.24, 2.45) is 0 Å². The van der Waals surface area contributed by atoms with Crippen LogP contribution in [0.4, 0.5) is 11.4 Å². The molecule has 0 aromatic heterocycles. The van der Waals surface area contributed by atoms with Crippen molar-refractivity contribution in [2.45, 2.75) is 25.8 Å². The second kappa shape index (κ2) is 4.96. The van der Waals surface area contributed by atoms with Crippen LogP contribution < -0.4 is 10.6 Å². The molecule has 0 radical (unpaired) electrons. The van der Waals surface area contributed by atoms with Gasteiger partial charge in [0.25, 0.3) is 0 Å². The SMILES string of the molecule is Cc1cccc(N(C)C2CCCN(C)C2)c1N. The monoisotopic (exact) mass is 233 g/mol. The van der Waals surface area contributed by atoms with Crippen molar-refractivity contribution in [3.05, 3.63) is 23.8 Å². The molecule has 1 fully saturated rings. The summed E-state index contributed by atoms with van der Waals surface area (Å²) in [6.07, 6.45) is 2.53. The van der Waals surface area contributed by atoms with E-state index in [0.29, 0.717) is 6.04 Å². The topological polar surface area (TPSA) is 32.5 Å². The number of nitrogen functional groups attached to an aromatic ring is 1. The maximum atomic E-state index is 6.17. The Morgan fingerprint density at radius 3 is 2.88 bits per heavy atom. The van der Waals surface area contributed by atoms with Crippen LogP contribution in [0.15, 0.2) is 18.2 Å². The lowest BCUT2D eigenvalue weighted by molar-refractivity contribution is 0.248. The van der Waals surface area contributed by atoms with Crippen molar-refractivity contribution in [1.29, 1.82) is 0 Å². The third kappa shape index (κ3) is 2.55. The highest BCUT2D eigenvalue weighted by Gasteiger charge is 2.22. The fraction of sp³-hybridized carbons (Fsp3) is 0.571. The maximum absolute atomic E-state index is 6.17. The minimum Gasteiger partial charge on any atom is -0.397 e. The Bertz CT molecular complexity index is 389. The average Bonchev–Trinajstić information content (AvgIpc) is 2.32. The first-order valence-corrected chi connectivity index (χ1v) is 6.36. The van der Waals surface area contributed by atoms with Gasteiger partial charge in [0.2, 0.25) is 0 Å². The molecule has 3 heteroatoms. The first-order valence-electron chi connectivity index (χ1n) is 6.36. The summed E-state index contributed by atoms with van der Waals surface area (Å²) in [7, 11) is 4.36. The van der Waals surface area contributed by atoms with Crippen molar-refractivity contribution >= 4 is 11.4 Å². The van der Waals surface area contributed by atoms with E-state index < -0.39 is 0 Å². The van der Waals surface area contributed by atoms with Gasteiger partial charge in [-0.1, -0.05) is 12.1 Å². The van der Waals surface area contributed by atoms with Gasteiger partial charge < -0.3 is 15.5 Å². The van der Waals surface area contributed by atoms with E-state index in [2.05, 4.69) is 49.0 Å². The highest BCUT2D eigenvalue weighted by molar-refractivity contribution is 5.71. The number of para-hydroxylation sites is 1. The van der Waals surface area contributed by atoms with E-state index in [1.54, 1.807) is 0 Å². The summed E-state index contributed by atoms with van der Waals surface area (Å²) < 4.78 is 0. The van der Waals surface area contributed by atoms with Gasteiger partial charge in [-0.25, -0.2) is 0 Å². The molecule has 1 aliphatic heterocycles. The molecule has 1 atom stereocenters. The molecule has 0 saturated carbocycles. The molecule has 0 bridgehead atoms. The van der Waals surface area contributed by atoms with Crippen LogP contribution in [0.5, 0.6) is 0 Å². The molecule has 1 saturated heterocycles. The Balaban J connectivity index is 2.18. The van der Waals surface area contributed by atoms with Crippen molar-refractivity contribution in [3.63, 3.8) is 0 Å². The van der Waals surface area contributed by atoms with Crippen molar-refractivity contribution in [1.82, 2.24) is 4.90 Å². The zero-order valence-electron chi connectivity index (χ0n) is 11.1. The largest absolute Gasteiger partial charge is 0.397 e. The highest BCUT2D eigenvalue weighted by Crippen LogP contribution is 2.28. The normalized spacial score (nSPS) is 21.5. The molecule has 1 unspecified atom stereocenters. The molecule has 17 heavy (non-hydrogen) atoms. The molecule has 2 rings (SSSR count). The summed E-state index contributed by atoms with van der Waals surface area (Å²) in [5.74, 6) is 0. The standard InChI is InChI=1S/C14H23N3/c1-11-6-4-8-13(14(11)15)17(3)12-7-5-9-16(2)10-12/h4,6,8,12H,5,7,9-10,15H2,1-3H3. The quantitative estimate of drug-likeness (QED) is 0.794. The number of nitrogens with zero attached hydrogens (tertiary/aromatic N) is 2. The number of rotatable bonds is 2. The summed E-state index contributed by atoms with van der Waals surface area (Å²) in [5.41, 5.74) is 9.43. The third-order valence-corrected chi connectivity index (χ3v) is 3.83. The summed E-state index contributed by atoms with van der Waals surface area (Å²) in [6, 6.07) is 6.86. The molecule has 0 aliphatic carbocycles. The number of aryl methyl sites for hydroxylation is 1. The Labute approximate surface area is 104 Å². The molecular weight excluding hydrogens is 210 g/mol. The molecule has 94 valence electrons. The molecule has 3 nitrogen and oxygen atoms in total.